The first kappa shape index (κ1) is 30.1. The van der Waals surface area contributed by atoms with Crippen LogP contribution in [0.2, 0.25) is 10.0 Å². The highest BCUT2D eigenvalue weighted by Gasteiger charge is 2.34. The number of halogens is 2. The molecule has 2 aromatic heterocycles. The van der Waals surface area contributed by atoms with E-state index in [1.54, 1.807) is 21.6 Å². The molecule has 224 valence electrons. The number of fused-ring (bicyclic) bond motifs is 2. The maximum Gasteiger partial charge on any atom is 0.271 e. The summed E-state index contributed by atoms with van der Waals surface area (Å²) in [6, 6.07) is 22.8. The van der Waals surface area contributed by atoms with Crippen LogP contribution < -0.4 is 14.9 Å². The minimum absolute atomic E-state index is 0.121. The van der Waals surface area contributed by atoms with Crippen molar-refractivity contribution in [2.24, 2.45) is 4.99 Å². The molecule has 1 amide bonds. The van der Waals surface area contributed by atoms with Crippen molar-refractivity contribution in [3.05, 3.63) is 136 Å². The zero-order valence-electron chi connectivity index (χ0n) is 25.0. The molecule has 0 N–H and O–H groups in total. The molecule has 1 atom stereocenters. The summed E-state index contributed by atoms with van der Waals surface area (Å²) >= 11 is 14.1. The fraction of sp³-hybridized carbons (Fsp3) is 0.229. The van der Waals surface area contributed by atoms with Crippen LogP contribution in [-0.4, -0.2) is 33.0 Å². The van der Waals surface area contributed by atoms with Crippen molar-refractivity contribution in [2.75, 3.05) is 13.1 Å². The Morgan fingerprint density at radius 2 is 1.66 bits per heavy atom. The number of thiazole rings is 1. The molecule has 5 aromatic rings. The van der Waals surface area contributed by atoms with E-state index in [1.807, 2.05) is 75.4 Å². The minimum atomic E-state index is -0.624. The van der Waals surface area contributed by atoms with E-state index in [4.69, 9.17) is 28.2 Å². The summed E-state index contributed by atoms with van der Waals surface area (Å²) in [4.78, 5) is 35.3. The molecule has 0 fully saturated rings. The van der Waals surface area contributed by atoms with Gasteiger partial charge in [-0.05, 0) is 69.2 Å². The van der Waals surface area contributed by atoms with E-state index in [-0.39, 0.29) is 11.5 Å². The SMILES string of the molecule is CCN(CC)C(=O)C1=C(C)N=c2s/c(=C/c3c(C)n(Cc4ccccc4Cl)c4ccccc34)c(=O)n2[C@H]1c1ccc(Cl)cc1. The number of benzene rings is 3. The van der Waals surface area contributed by atoms with Gasteiger partial charge in [-0.2, -0.15) is 0 Å². The summed E-state index contributed by atoms with van der Waals surface area (Å²) in [7, 11) is 0. The van der Waals surface area contributed by atoms with Gasteiger partial charge in [-0.3, -0.25) is 14.2 Å². The van der Waals surface area contributed by atoms with Crippen molar-refractivity contribution in [2.45, 2.75) is 40.3 Å². The Morgan fingerprint density at radius 3 is 2.36 bits per heavy atom. The highest BCUT2D eigenvalue weighted by atomic mass is 35.5. The molecular weight excluding hydrogens is 611 g/mol. The number of amides is 1. The van der Waals surface area contributed by atoms with E-state index in [2.05, 4.69) is 23.6 Å². The number of likely N-dealkylation sites (N-methyl/N-ethyl adjacent to an activating group) is 1. The molecule has 44 heavy (non-hydrogen) atoms. The summed E-state index contributed by atoms with van der Waals surface area (Å²) in [5, 5.41) is 2.35. The van der Waals surface area contributed by atoms with Gasteiger partial charge in [0.15, 0.2) is 4.80 Å². The van der Waals surface area contributed by atoms with Crippen LogP contribution in [0.25, 0.3) is 17.0 Å². The Labute approximate surface area is 269 Å². The Balaban J connectivity index is 1.55. The third-order valence-corrected chi connectivity index (χ3v) is 9.93. The molecule has 0 saturated heterocycles. The Bertz CT molecular complexity index is 2120. The standard InChI is InChI=1S/C35H32Cl2N4O2S/c1-5-39(6-2)34(43)31-21(3)38-35-41(32(31)23-15-17-25(36)18-16-23)33(42)30(44-35)19-27-22(4)40(29-14-10-8-12-26(27)29)20-24-11-7-9-13-28(24)37/h7-19,32H,5-6,20H2,1-4H3/b30-19+/t32-/m0/s1. The lowest BCUT2D eigenvalue weighted by molar-refractivity contribution is -0.127. The number of hydrogen-bond acceptors (Lipinski definition) is 4. The van der Waals surface area contributed by atoms with Crippen molar-refractivity contribution in [3.8, 4) is 0 Å². The summed E-state index contributed by atoms with van der Waals surface area (Å²) in [5.41, 5.74) is 5.81. The summed E-state index contributed by atoms with van der Waals surface area (Å²) in [5.74, 6) is -0.121. The average Bonchev–Trinajstić information content (AvgIpc) is 3.47. The zero-order valence-corrected chi connectivity index (χ0v) is 27.3. The maximum absolute atomic E-state index is 14.3. The Morgan fingerprint density at radius 1 is 0.977 bits per heavy atom. The number of allylic oxidation sites excluding steroid dienone is 1. The number of carbonyl (C=O) groups excluding carboxylic acids is 1. The van der Waals surface area contributed by atoms with Gasteiger partial charge < -0.3 is 9.47 Å². The van der Waals surface area contributed by atoms with Gasteiger partial charge in [-0.15, -0.1) is 0 Å². The van der Waals surface area contributed by atoms with Crippen molar-refractivity contribution in [3.63, 3.8) is 0 Å². The lowest BCUT2D eigenvalue weighted by atomic mass is 9.94. The molecule has 0 spiro atoms. The third kappa shape index (κ3) is 5.23. The molecule has 3 aromatic carbocycles. The van der Waals surface area contributed by atoms with Crippen LogP contribution in [0.5, 0.6) is 0 Å². The van der Waals surface area contributed by atoms with Gasteiger partial charge >= 0.3 is 0 Å². The molecule has 0 bridgehead atoms. The van der Waals surface area contributed by atoms with Crippen molar-refractivity contribution < 1.29 is 4.79 Å². The number of carbonyl (C=O) groups is 1. The summed E-state index contributed by atoms with van der Waals surface area (Å²) < 4.78 is 4.46. The Kier molecular flexibility index (Phi) is 8.38. The average molecular weight is 644 g/mol. The van der Waals surface area contributed by atoms with Gasteiger partial charge in [0.25, 0.3) is 11.5 Å². The number of hydrogen-bond donors (Lipinski definition) is 0. The lowest BCUT2D eigenvalue weighted by Crippen LogP contribution is -2.43. The number of rotatable bonds is 7. The molecular formula is C35H32Cl2N4O2S. The predicted octanol–water partition coefficient (Wildman–Crippen LogP) is 6.72. The third-order valence-electron chi connectivity index (χ3n) is 8.33. The Hall–Kier alpha value is -3.91. The predicted molar refractivity (Wildman–Crippen MR) is 180 cm³/mol. The van der Waals surface area contributed by atoms with E-state index in [0.717, 1.165) is 33.3 Å². The second-order valence-electron chi connectivity index (χ2n) is 10.8. The molecule has 1 aliphatic heterocycles. The fourth-order valence-electron chi connectivity index (χ4n) is 6.01. The summed E-state index contributed by atoms with van der Waals surface area (Å²) in [6.07, 6.45) is 1.97. The van der Waals surface area contributed by atoms with Crippen molar-refractivity contribution in [1.82, 2.24) is 14.0 Å². The largest absolute Gasteiger partial charge is 0.340 e. The van der Waals surface area contributed by atoms with Gasteiger partial charge in [0.1, 0.15) is 0 Å². The molecule has 0 unspecified atom stereocenters. The van der Waals surface area contributed by atoms with Crippen molar-refractivity contribution in [1.29, 1.82) is 0 Å². The minimum Gasteiger partial charge on any atom is -0.340 e. The first-order valence-electron chi connectivity index (χ1n) is 14.6. The quantitative estimate of drug-likeness (QED) is 0.198. The number of aromatic nitrogens is 2. The van der Waals surface area contributed by atoms with E-state index in [9.17, 15) is 9.59 Å². The molecule has 3 heterocycles. The molecule has 0 aliphatic carbocycles. The van der Waals surface area contributed by atoms with Crippen LogP contribution in [0.3, 0.4) is 0 Å². The molecule has 0 radical (unpaired) electrons. The summed E-state index contributed by atoms with van der Waals surface area (Å²) in [6.45, 7) is 9.55. The van der Waals surface area contributed by atoms with Crippen LogP contribution in [0, 0.1) is 6.92 Å². The molecule has 6 nitrogen and oxygen atoms in total. The van der Waals surface area contributed by atoms with Gasteiger partial charge in [-0.1, -0.05) is 83.1 Å². The smallest absolute Gasteiger partial charge is 0.271 e. The molecule has 0 saturated carbocycles. The van der Waals surface area contributed by atoms with Crippen LogP contribution in [0.1, 0.15) is 49.2 Å². The van der Waals surface area contributed by atoms with Gasteiger partial charge in [0.05, 0.1) is 21.8 Å². The normalized spacial score (nSPS) is 15.0. The van der Waals surface area contributed by atoms with Crippen LogP contribution in [0.15, 0.2) is 93.9 Å². The topological polar surface area (TPSA) is 59.6 Å². The lowest BCUT2D eigenvalue weighted by Gasteiger charge is -2.29. The van der Waals surface area contributed by atoms with E-state index in [1.165, 1.54) is 11.3 Å². The molecule has 9 heteroatoms. The monoisotopic (exact) mass is 642 g/mol. The van der Waals surface area contributed by atoms with Gasteiger partial charge in [0, 0.05) is 51.8 Å². The second-order valence-corrected chi connectivity index (χ2v) is 12.7. The van der Waals surface area contributed by atoms with Gasteiger partial charge in [-0.25, -0.2) is 4.99 Å². The van der Waals surface area contributed by atoms with Gasteiger partial charge in [0.2, 0.25) is 0 Å². The second kappa shape index (κ2) is 12.2. The molecule has 1 aliphatic rings. The van der Waals surface area contributed by atoms with E-state index in [0.29, 0.717) is 50.3 Å². The number of nitrogens with zero attached hydrogens (tertiary/aromatic N) is 4. The first-order chi connectivity index (χ1) is 21.2. The number of para-hydroxylation sites is 1. The first-order valence-corrected chi connectivity index (χ1v) is 16.2. The van der Waals surface area contributed by atoms with Crippen LogP contribution in [0.4, 0.5) is 0 Å². The van der Waals surface area contributed by atoms with Crippen molar-refractivity contribution >= 4 is 57.4 Å². The molecule has 6 rings (SSSR count). The highest BCUT2D eigenvalue weighted by molar-refractivity contribution is 7.07. The van der Waals surface area contributed by atoms with Crippen LogP contribution in [-0.2, 0) is 11.3 Å². The van der Waals surface area contributed by atoms with Crippen LogP contribution >= 0.6 is 34.5 Å². The maximum atomic E-state index is 14.3. The van der Waals surface area contributed by atoms with E-state index < -0.39 is 6.04 Å². The van der Waals surface area contributed by atoms with E-state index >= 15 is 0 Å². The highest BCUT2D eigenvalue weighted by Crippen LogP contribution is 2.32. The fourth-order valence-corrected chi connectivity index (χ4v) is 7.36. The zero-order chi connectivity index (χ0) is 31.1.